The molecule has 4 aliphatic heterocycles. The topological polar surface area (TPSA) is 232 Å². The second-order valence-electron chi connectivity index (χ2n) is 21.3. The SMILES string of the molecule is C[C@@H]1CC[C@@]2(OC1)O[C@H]1C[C@H]3[C@@H]4CC[C@H]5C[C@@H](O[C@@H]6O[C@H](CO)[C@@H](O[C@@H]7O[C@H](COC(=O)NCCc8ccccc8)[C@@H](O)[C@H](O)[C@H]7O)[C@H](O)[C@H]6O)CC[C@]5(C)[C@H]4C(=O)C[C@]3(C)[C@H]1[C@@H]2C. The molecule has 0 bridgehead atoms. The Morgan fingerprint density at radius 1 is 0.844 bits per heavy atom. The Hall–Kier alpha value is -2.32. The normalized spacial score (nSPS) is 50.0. The van der Waals surface area contributed by atoms with Gasteiger partial charge in [-0.25, -0.2) is 4.79 Å². The van der Waals surface area contributed by atoms with E-state index in [9.17, 15) is 40.2 Å². The van der Waals surface area contributed by atoms with E-state index in [1.54, 1.807) is 0 Å². The van der Waals surface area contributed by atoms with Gasteiger partial charge in [-0.2, -0.15) is 0 Å². The summed E-state index contributed by atoms with van der Waals surface area (Å²) in [5, 5.41) is 67.9. The van der Waals surface area contributed by atoms with Crippen LogP contribution in [0.1, 0.15) is 91.0 Å². The third kappa shape index (κ3) is 8.27. The van der Waals surface area contributed by atoms with Crippen molar-refractivity contribution < 1.29 is 73.4 Å². The van der Waals surface area contributed by atoms with E-state index in [2.05, 4.69) is 33.0 Å². The number of ketones is 1. The molecule has 358 valence electrons. The van der Waals surface area contributed by atoms with Crippen molar-refractivity contribution in [2.75, 3.05) is 26.4 Å². The maximum Gasteiger partial charge on any atom is 0.407 e. The van der Waals surface area contributed by atoms with Gasteiger partial charge in [0, 0.05) is 31.2 Å². The highest BCUT2D eigenvalue weighted by Gasteiger charge is 2.71. The van der Waals surface area contributed by atoms with E-state index in [0.29, 0.717) is 55.1 Å². The molecule has 0 radical (unpaired) electrons. The summed E-state index contributed by atoms with van der Waals surface area (Å²) in [6.07, 6.45) is -8.53. The standard InChI is InChI=1S/C48H71NO15/c1-24-12-16-48(59-22-24)25(2)35-32(64-48)19-30-29-11-10-27-18-28(13-15-46(27,3)36(29)31(51)20-47(30,35)4)60-43-41(56)39(54)42(33(21-50)61-43)63-44-40(55)38(53)37(52)34(62-44)23-58-45(57)49-17-14-26-8-6-5-7-9-26/h5-9,24-25,27-30,32-44,50,52-56H,10-23H2,1-4H3,(H,49,57)/t24-,25+,27+,28+,29+,30+,32+,33-,34-,35+,36-,37-,38+,39-,40-,41-,42-,43-,44+,46+,47+,48-/m1/s1. The molecule has 0 aromatic heterocycles. The van der Waals surface area contributed by atoms with Crippen LogP contribution in [0.2, 0.25) is 0 Å². The van der Waals surface area contributed by atoms with Crippen LogP contribution in [0.5, 0.6) is 0 Å². The van der Waals surface area contributed by atoms with E-state index < -0.39 is 86.5 Å². The molecule has 0 unspecified atom stereocenters. The molecule has 1 amide bonds. The van der Waals surface area contributed by atoms with Crippen molar-refractivity contribution in [2.24, 2.45) is 52.3 Å². The number of ether oxygens (including phenoxy) is 7. The summed E-state index contributed by atoms with van der Waals surface area (Å²) in [5.74, 6) is 1.77. The average molecular weight is 902 g/mol. The molecule has 4 saturated carbocycles. The molecule has 1 aromatic rings. The maximum atomic E-state index is 14.6. The minimum Gasteiger partial charge on any atom is -0.447 e. The van der Waals surface area contributed by atoms with E-state index in [1.165, 1.54) is 0 Å². The van der Waals surface area contributed by atoms with Crippen molar-refractivity contribution in [2.45, 2.75) is 171 Å². The highest BCUT2D eigenvalue weighted by atomic mass is 16.7. The van der Waals surface area contributed by atoms with Crippen LogP contribution in [0.4, 0.5) is 4.79 Å². The smallest absolute Gasteiger partial charge is 0.407 e. The molecule has 16 nitrogen and oxygen atoms in total. The van der Waals surface area contributed by atoms with Crippen molar-refractivity contribution in [3.8, 4) is 0 Å². The summed E-state index contributed by atoms with van der Waals surface area (Å²) >= 11 is 0. The summed E-state index contributed by atoms with van der Waals surface area (Å²) in [6, 6.07) is 9.53. The number of carbonyl (C=O) groups excluding carboxylic acids is 2. The average Bonchev–Trinajstić information content (AvgIpc) is 3.72. The Kier molecular flexibility index (Phi) is 13.4. The lowest BCUT2D eigenvalue weighted by Crippen LogP contribution is -2.65. The van der Waals surface area contributed by atoms with Crippen LogP contribution >= 0.6 is 0 Å². The number of amides is 1. The molecule has 4 aliphatic carbocycles. The molecule has 4 saturated heterocycles. The number of hydrogen-bond donors (Lipinski definition) is 7. The fraction of sp³-hybridized carbons (Fsp3) is 0.833. The van der Waals surface area contributed by atoms with Gasteiger partial charge in [-0.1, -0.05) is 58.0 Å². The number of aliphatic hydroxyl groups is 6. The molecule has 22 atom stereocenters. The van der Waals surface area contributed by atoms with Gasteiger partial charge in [-0.05, 0) is 97.3 Å². The first-order valence-corrected chi connectivity index (χ1v) is 24.0. The van der Waals surface area contributed by atoms with Gasteiger partial charge in [-0.3, -0.25) is 4.79 Å². The molecular weight excluding hydrogens is 831 g/mol. The van der Waals surface area contributed by atoms with Gasteiger partial charge < -0.3 is 69.1 Å². The molecule has 16 heteroatoms. The molecule has 7 N–H and O–H groups in total. The number of fused-ring (bicyclic) bond motifs is 7. The predicted octanol–water partition coefficient (Wildman–Crippen LogP) is 2.60. The van der Waals surface area contributed by atoms with Crippen molar-refractivity contribution in [1.29, 1.82) is 0 Å². The van der Waals surface area contributed by atoms with E-state index in [4.69, 9.17) is 33.2 Å². The lowest BCUT2D eigenvalue weighted by molar-refractivity contribution is -0.364. The van der Waals surface area contributed by atoms with Gasteiger partial charge in [0.1, 0.15) is 61.2 Å². The van der Waals surface area contributed by atoms with Gasteiger partial charge in [0.25, 0.3) is 0 Å². The molecule has 9 rings (SSSR count). The Morgan fingerprint density at radius 3 is 2.31 bits per heavy atom. The number of Topliss-reactive ketones (excluding diaryl/α,β-unsaturated/α-hetero) is 1. The first-order valence-electron chi connectivity index (χ1n) is 24.0. The first kappa shape index (κ1) is 46.8. The fourth-order valence-corrected chi connectivity index (χ4v) is 14.2. The molecule has 8 fully saturated rings. The quantitative estimate of drug-likeness (QED) is 0.167. The van der Waals surface area contributed by atoms with Gasteiger partial charge in [-0.15, -0.1) is 0 Å². The minimum atomic E-state index is -1.81. The van der Waals surface area contributed by atoms with Crippen LogP contribution in [-0.2, 0) is 44.4 Å². The summed E-state index contributed by atoms with van der Waals surface area (Å²) in [7, 11) is 0. The van der Waals surface area contributed by atoms with Crippen molar-refractivity contribution in [1.82, 2.24) is 5.32 Å². The number of rotatable bonds is 10. The van der Waals surface area contributed by atoms with Gasteiger partial charge in [0.2, 0.25) is 0 Å². The zero-order valence-electron chi connectivity index (χ0n) is 37.6. The van der Waals surface area contributed by atoms with E-state index in [0.717, 1.165) is 50.7 Å². The zero-order valence-corrected chi connectivity index (χ0v) is 37.6. The van der Waals surface area contributed by atoms with Gasteiger partial charge >= 0.3 is 6.09 Å². The third-order valence-electron chi connectivity index (χ3n) is 17.6. The molecule has 8 aliphatic rings. The van der Waals surface area contributed by atoms with Crippen LogP contribution in [0.25, 0.3) is 0 Å². The highest BCUT2D eigenvalue weighted by Crippen LogP contribution is 2.70. The number of aliphatic hydroxyl groups excluding tert-OH is 6. The van der Waals surface area contributed by atoms with E-state index in [-0.39, 0.29) is 47.3 Å². The second kappa shape index (κ2) is 18.3. The number of benzene rings is 1. The van der Waals surface area contributed by atoms with Crippen LogP contribution in [0.3, 0.4) is 0 Å². The lowest BCUT2D eigenvalue weighted by Gasteiger charge is -2.60. The number of nitrogens with one attached hydrogen (secondary N) is 1. The van der Waals surface area contributed by atoms with Crippen LogP contribution < -0.4 is 5.32 Å². The number of carbonyl (C=O) groups is 2. The number of alkyl carbamates (subject to hydrolysis) is 1. The second-order valence-corrected chi connectivity index (χ2v) is 21.3. The summed E-state index contributed by atoms with van der Waals surface area (Å²) < 4.78 is 42.7. The third-order valence-corrected chi connectivity index (χ3v) is 17.6. The molecule has 4 heterocycles. The van der Waals surface area contributed by atoms with Crippen molar-refractivity contribution >= 4 is 11.9 Å². The lowest BCUT2D eigenvalue weighted by atomic mass is 9.44. The Morgan fingerprint density at radius 2 is 1.58 bits per heavy atom. The maximum absolute atomic E-state index is 14.6. The predicted molar refractivity (Wildman–Crippen MR) is 226 cm³/mol. The van der Waals surface area contributed by atoms with E-state index >= 15 is 0 Å². The van der Waals surface area contributed by atoms with Crippen molar-refractivity contribution in [3.05, 3.63) is 35.9 Å². The summed E-state index contributed by atoms with van der Waals surface area (Å²) in [4.78, 5) is 27.0. The highest BCUT2D eigenvalue weighted by molar-refractivity contribution is 5.84. The van der Waals surface area contributed by atoms with Crippen LogP contribution in [0.15, 0.2) is 30.3 Å². The fourth-order valence-electron chi connectivity index (χ4n) is 14.2. The van der Waals surface area contributed by atoms with Crippen molar-refractivity contribution in [3.63, 3.8) is 0 Å². The first-order chi connectivity index (χ1) is 30.6. The zero-order chi connectivity index (χ0) is 45.3. The van der Waals surface area contributed by atoms with Crippen LogP contribution in [-0.4, -0.2) is 148 Å². The monoisotopic (exact) mass is 901 g/mol. The molecule has 64 heavy (non-hydrogen) atoms. The van der Waals surface area contributed by atoms with Crippen LogP contribution in [0, 0.1) is 52.3 Å². The molecule has 1 aromatic carbocycles. The summed E-state index contributed by atoms with van der Waals surface area (Å²) in [6.45, 7) is 9.03. The number of hydrogen-bond acceptors (Lipinski definition) is 15. The minimum absolute atomic E-state index is 0.0413. The summed E-state index contributed by atoms with van der Waals surface area (Å²) in [5.41, 5.74) is 0.686. The Bertz CT molecular complexity index is 1800. The Balaban J connectivity index is 0.788. The largest absolute Gasteiger partial charge is 0.447 e. The molecular formula is C48H71NO15. The van der Waals surface area contributed by atoms with E-state index in [1.807, 2.05) is 30.3 Å². The van der Waals surface area contributed by atoms with Gasteiger partial charge in [0.15, 0.2) is 18.4 Å². The van der Waals surface area contributed by atoms with Gasteiger partial charge in [0.05, 0.1) is 25.4 Å². The Labute approximate surface area is 375 Å². The molecule has 1 spiro atoms.